The van der Waals surface area contributed by atoms with Gasteiger partial charge in [-0.15, -0.1) is 35.1 Å². The Kier molecular flexibility index (Phi) is 6.87. The van der Waals surface area contributed by atoms with E-state index in [9.17, 15) is 9.59 Å². The number of carbonyl (C=O) groups excluding carboxylic acids is 2. The summed E-state index contributed by atoms with van der Waals surface area (Å²) in [5.74, 6) is -0.636. The molecule has 0 aliphatic carbocycles. The third kappa shape index (κ3) is 4.35. The Balaban J connectivity index is 0.00000225. The van der Waals surface area contributed by atoms with Crippen molar-refractivity contribution in [2.75, 3.05) is 25.5 Å². The highest BCUT2D eigenvalue weighted by Gasteiger charge is 2.28. The number of amides is 1. The molecule has 5 nitrogen and oxygen atoms in total. The molecule has 1 aliphatic heterocycles. The zero-order valence-electron chi connectivity index (χ0n) is 13.8. The summed E-state index contributed by atoms with van der Waals surface area (Å²) in [7, 11) is 2.04. The van der Waals surface area contributed by atoms with E-state index in [1.165, 1.54) is 22.7 Å². The van der Waals surface area contributed by atoms with Crippen molar-refractivity contribution < 1.29 is 14.3 Å². The number of likely N-dealkylation sites (N-methyl/N-ethyl adjacent to an activating group) is 1. The molecular weight excluding hydrogens is 403 g/mol. The number of esters is 1. The lowest BCUT2D eigenvalue weighted by Gasteiger charge is -2.22. The molecule has 1 N–H and O–H groups in total. The molecule has 2 aromatic rings. The van der Waals surface area contributed by atoms with Crippen LogP contribution in [0.4, 0.5) is 5.00 Å². The average Bonchev–Trinajstić information content (AvgIpc) is 3.10. The summed E-state index contributed by atoms with van der Waals surface area (Å²) in [4.78, 5) is 28.6. The van der Waals surface area contributed by atoms with Gasteiger partial charge in [-0.2, -0.15) is 0 Å². The molecule has 0 radical (unpaired) electrons. The fourth-order valence-corrected chi connectivity index (χ4v) is 4.89. The van der Waals surface area contributed by atoms with Crippen LogP contribution in [0.25, 0.3) is 0 Å². The number of anilines is 1. The largest absolute Gasteiger partial charge is 0.462 e. The van der Waals surface area contributed by atoms with Crippen molar-refractivity contribution in [2.45, 2.75) is 19.9 Å². The summed E-state index contributed by atoms with van der Waals surface area (Å²) in [5.41, 5.74) is 1.50. The van der Waals surface area contributed by atoms with Gasteiger partial charge in [0, 0.05) is 18.0 Å². The minimum Gasteiger partial charge on any atom is -0.462 e. The number of nitrogens with zero attached hydrogens (tertiary/aromatic N) is 1. The molecule has 3 heterocycles. The number of nitrogens with one attached hydrogen (secondary N) is 1. The van der Waals surface area contributed by atoms with Gasteiger partial charge < -0.3 is 15.0 Å². The SMILES string of the molecule is CCOC(=O)c1c(NC(=O)c2ccc(Cl)s2)sc2c1CCN(C)C2.Cl. The predicted molar refractivity (Wildman–Crippen MR) is 105 cm³/mol. The van der Waals surface area contributed by atoms with Crippen molar-refractivity contribution in [1.82, 2.24) is 4.90 Å². The number of fused-ring (bicyclic) bond motifs is 1. The quantitative estimate of drug-likeness (QED) is 0.748. The first-order valence-electron chi connectivity index (χ1n) is 7.56. The highest BCUT2D eigenvalue weighted by atomic mass is 35.5. The Morgan fingerprint density at radius 2 is 2.12 bits per heavy atom. The molecule has 0 fully saturated rings. The first-order valence-corrected chi connectivity index (χ1v) is 9.57. The van der Waals surface area contributed by atoms with Gasteiger partial charge in [-0.1, -0.05) is 11.6 Å². The Morgan fingerprint density at radius 1 is 1.36 bits per heavy atom. The molecule has 0 unspecified atom stereocenters. The normalized spacial score (nSPS) is 13.7. The first kappa shape index (κ1) is 20.2. The van der Waals surface area contributed by atoms with E-state index < -0.39 is 0 Å². The summed E-state index contributed by atoms with van der Waals surface area (Å²) < 4.78 is 5.75. The Bertz CT molecular complexity index is 788. The molecule has 25 heavy (non-hydrogen) atoms. The monoisotopic (exact) mass is 420 g/mol. The molecule has 1 aliphatic rings. The van der Waals surface area contributed by atoms with Crippen LogP contribution in [-0.4, -0.2) is 37.0 Å². The lowest BCUT2D eigenvalue weighted by atomic mass is 10.0. The van der Waals surface area contributed by atoms with E-state index in [1.807, 2.05) is 7.05 Å². The maximum atomic E-state index is 12.4. The van der Waals surface area contributed by atoms with E-state index in [0.29, 0.717) is 26.4 Å². The molecule has 136 valence electrons. The third-order valence-corrected chi connectivity index (χ3v) is 6.11. The zero-order chi connectivity index (χ0) is 17.3. The number of hydrogen-bond donors (Lipinski definition) is 1. The molecular formula is C16H18Cl2N2O3S2. The molecule has 3 rings (SSSR count). The first-order chi connectivity index (χ1) is 11.5. The number of halogens is 2. The average molecular weight is 421 g/mol. The Labute approximate surface area is 165 Å². The second kappa shape index (κ2) is 8.51. The van der Waals surface area contributed by atoms with Crippen LogP contribution in [0.1, 0.15) is 37.4 Å². The number of hydrogen-bond acceptors (Lipinski definition) is 6. The Morgan fingerprint density at radius 3 is 2.76 bits per heavy atom. The van der Waals surface area contributed by atoms with Crippen LogP contribution in [0, 0.1) is 0 Å². The minimum atomic E-state index is -0.376. The van der Waals surface area contributed by atoms with Crippen LogP contribution < -0.4 is 5.32 Å². The van der Waals surface area contributed by atoms with Crippen molar-refractivity contribution >= 4 is 63.6 Å². The van der Waals surface area contributed by atoms with Crippen molar-refractivity contribution in [3.8, 4) is 0 Å². The summed E-state index contributed by atoms with van der Waals surface area (Å²) in [6.45, 7) is 3.73. The lowest BCUT2D eigenvalue weighted by Crippen LogP contribution is -2.26. The van der Waals surface area contributed by atoms with Crippen LogP contribution in [0.5, 0.6) is 0 Å². The fourth-order valence-electron chi connectivity index (χ4n) is 2.64. The number of carbonyl (C=O) groups is 2. The lowest BCUT2D eigenvalue weighted by molar-refractivity contribution is 0.0526. The molecule has 0 bridgehead atoms. The van der Waals surface area contributed by atoms with E-state index in [1.54, 1.807) is 19.1 Å². The third-order valence-electron chi connectivity index (χ3n) is 3.75. The zero-order valence-corrected chi connectivity index (χ0v) is 17.0. The highest BCUT2D eigenvalue weighted by Crippen LogP contribution is 2.38. The summed E-state index contributed by atoms with van der Waals surface area (Å²) in [6, 6.07) is 3.36. The highest BCUT2D eigenvalue weighted by molar-refractivity contribution is 7.18. The van der Waals surface area contributed by atoms with Crippen molar-refractivity contribution in [3.63, 3.8) is 0 Å². The van der Waals surface area contributed by atoms with Gasteiger partial charge in [-0.05, 0) is 38.1 Å². The van der Waals surface area contributed by atoms with Gasteiger partial charge >= 0.3 is 5.97 Å². The van der Waals surface area contributed by atoms with Crippen LogP contribution in [0.2, 0.25) is 4.34 Å². The standard InChI is InChI=1S/C16H17ClN2O3S2.ClH/c1-3-22-16(21)13-9-6-7-19(2)8-11(9)24-15(13)18-14(20)10-4-5-12(17)23-10;/h4-5H,3,6-8H2,1-2H3,(H,18,20);1H. The van der Waals surface area contributed by atoms with Crippen molar-refractivity contribution in [2.24, 2.45) is 0 Å². The maximum absolute atomic E-state index is 12.4. The number of thiophene rings is 2. The molecule has 0 saturated heterocycles. The van der Waals surface area contributed by atoms with E-state index >= 15 is 0 Å². The smallest absolute Gasteiger partial charge is 0.341 e. The van der Waals surface area contributed by atoms with Gasteiger partial charge in [0.2, 0.25) is 0 Å². The Hall–Kier alpha value is -1.12. The van der Waals surface area contributed by atoms with Crippen molar-refractivity contribution in [1.29, 1.82) is 0 Å². The second-order valence-corrected chi connectivity index (χ2v) is 8.29. The van der Waals surface area contributed by atoms with Gasteiger partial charge in [-0.3, -0.25) is 4.79 Å². The van der Waals surface area contributed by atoms with Crippen LogP contribution in [0.15, 0.2) is 12.1 Å². The van der Waals surface area contributed by atoms with Crippen molar-refractivity contribution in [3.05, 3.63) is 37.4 Å². The van der Waals surface area contributed by atoms with E-state index in [2.05, 4.69) is 10.2 Å². The van der Waals surface area contributed by atoms with E-state index in [-0.39, 0.29) is 24.3 Å². The number of ether oxygens (including phenoxy) is 1. The van der Waals surface area contributed by atoms with Gasteiger partial charge in [-0.25, -0.2) is 4.79 Å². The van der Waals surface area contributed by atoms with Gasteiger partial charge in [0.15, 0.2) is 0 Å². The molecule has 0 atom stereocenters. The fraction of sp³-hybridized carbons (Fsp3) is 0.375. The predicted octanol–water partition coefficient (Wildman–Crippen LogP) is 4.30. The number of rotatable bonds is 4. The van der Waals surface area contributed by atoms with Crippen LogP contribution in [-0.2, 0) is 17.7 Å². The summed E-state index contributed by atoms with van der Waals surface area (Å²) in [6.07, 6.45) is 0.775. The summed E-state index contributed by atoms with van der Waals surface area (Å²) in [5, 5.41) is 3.42. The van der Waals surface area contributed by atoms with Crippen LogP contribution in [0.3, 0.4) is 0 Å². The molecule has 9 heteroatoms. The topological polar surface area (TPSA) is 58.6 Å². The molecule has 2 aromatic heterocycles. The molecule has 0 saturated carbocycles. The van der Waals surface area contributed by atoms with E-state index in [4.69, 9.17) is 16.3 Å². The van der Waals surface area contributed by atoms with E-state index in [0.717, 1.165) is 30.0 Å². The van der Waals surface area contributed by atoms with Gasteiger partial charge in [0.25, 0.3) is 5.91 Å². The van der Waals surface area contributed by atoms with Gasteiger partial charge in [0.05, 0.1) is 21.4 Å². The second-order valence-electron chi connectivity index (χ2n) is 5.47. The van der Waals surface area contributed by atoms with Gasteiger partial charge in [0.1, 0.15) is 5.00 Å². The molecule has 1 amide bonds. The summed E-state index contributed by atoms with van der Waals surface area (Å²) >= 11 is 8.55. The minimum absolute atomic E-state index is 0. The molecule has 0 spiro atoms. The maximum Gasteiger partial charge on any atom is 0.341 e. The van der Waals surface area contributed by atoms with Crippen LogP contribution >= 0.6 is 46.7 Å². The molecule has 0 aromatic carbocycles.